The van der Waals surface area contributed by atoms with Crippen molar-refractivity contribution in [3.05, 3.63) is 56.7 Å². The van der Waals surface area contributed by atoms with Crippen molar-refractivity contribution >= 4 is 40.4 Å². The second-order valence-corrected chi connectivity index (χ2v) is 7.85. The van der Waals surface area contributed by atoms with E-state index in [1.807, 2.05) is 22.4 Å². The minimum absolute atomic E-state index is 0.100. The fraction of sp³-hybridized carbons (Fsp3) is 0.278. The van der Waals surface area contributed by atoms with E-state index < -0.39 is 0 Å². The van der Waals surface area contributed by atoms with E-state index in [0.717, 1.165) is 29.1 Å². The van der Waals surface area contributed by atoms with Gasteiger partial charge in [-0.05, 0) is 25.0 Å². The van der Waals surface area contributed by atoms with Gasteiger partial charge in [0.05, 0.1) is 26.9 Å². The van der Waals surface area contributed by atoms with Gasteiger partial charge in [0, 0.05) is 36.0 Å². The largest absolute Gasteiger partial charge is 0.351 e. The van der Waals surface area contributed by atoms with Crippen LogP contribution in [0.1, 0.15) is 34.3 Å². The lowest BCUT2D eigenvalue weighted by molar-refractivity contribution is 0.0671. The van der Waals surface area contributed by atoms with Gasteiger partial charge in [0.15, 0.2) is 0 Å². The smallest absolute Gasteiger partial charge is 0.292 e. The standard InChI is InChI=1S/C18H15Cl2N3O2S/c19-13-2-1-12(9-14(13)20)15-10-26-17(22-15)11-4-7-23(8-5-11)18(24)16-3-6-21-25-16/h1-3,6,9-11H,4-5,7-8H2. The number of nitrogens with zero attached hydrogens (tertiary/aromatic N) is 3. The molecule has 0 bridgehead atoms. The summed E-state index contributed by atoms with van der Waals surface area (Å²) in [6, 6.07) is 7.14. The molecule has 0 N–H and O–H groups in total. The number of amides is 1. The molecule has 1 aromatic carbocycles. The Morgan fingerprint density at radius 2 is 2.00 bits per heavy atom. The van der Waals surface area contributed by atoms with Crippen molar-refractivity contribution in [2.75, 3.05) is 13.1 Å². The first-order valence-corrected chi connectivity index (χ1v) is 9.86. The Bertz CT molecular complexity index is 918. The van der Waals surface area contributed by atoms with Gasteiger partial charge in [-0.3, -0.25) is 4.79 Å². The summed E-state index contributed by atoms with van der Waals surface area (Å²) in [6.07, 6.45) is 3.25. The van der Waals surface area contributed by atoms with Crippen LogP contribution in [0.4, 0.5) is 0 Å². The molecular formula is C18H15Cl2N3O2S. The van der Waals surface area contributed by atoms with Crippen LogP contribution in [0, 0.1) is 0 Å². The molecule has 0 aliphatic carbocycles. The predicted molar refractivity (Wildman–Crippen MR) is 102 cm³/mol. The molecule has 0 radical (unpaired) electrons. The third kappa shape index (κ3) is 3.49. The molecule has 1 aliphatic rings. The highest BCUT2D eigenvalue weighted by Crippen LogP contribution is 2.34. The highest BCUT2D eigenvalue weighted by Gasteiger charge is 2.27. The predicted octanol–water partition coefficient (Wildman–Crippen LogP) is 5.12. The third-order valence-corrected chi connectivity index (χ3v) is 6.26. The molecule has 3 aromatic rings. The zero-order chi connectivity index (χ0) is 18.1. The molecule has 0 atom stereocenters. The quantitative estimate of drug-likeness (QED) is 0.603. The van der Waals surface area contributed by atoms with Crippen molar-refractivity contribution in [2.24, 2.45) is 0 Å². The van der Waals surface area contributed by atoms with Crippen molar-refractivity contribution < 1.29 is 9.32 Å². The van der Waals surface area contributed by atoms with Crippen LogP contribution >= 0.6 is 34.5 Å². The highest BCUT2D eigenvalue weighted by molar-refractivity contribution is 7.10. The van der Waals surface area contributed by atoms with Crippen molar-refractivity contribution in [1.29, 1.82) is 0 Å². The summed E-state index contributed by atoms with van der Waals surface area (Å²) in [4.78, 5) is 18.9. The second-order valence-electron chi connectivity index (χ2n) is 6.14. The summed E-state index contributed by atoms with van der Waals surface area (Å²) in [5.74, 6) is 0.548. The molecule has 1 amide bonds. The minimum Gasteiger partial charge on any atom is -0.351 e. The molecule has 0 unspecified atom stereocenters. The van der Waals surface area contributed by atoms with Crippen molar-refractivity contribution in [3.8, 4) is 11.3 Å². The molecule has 134 valence electrons. The number of piperidine rings is 1. The Morgan fingerprint density at radius 1 is 1.19 bits per heavy atom. The molecule has 0 saturated carbocycles. The van der Waals surface area contributed by atoms with Gasteiger partial charge in [0.2, 0.25) is 5.76 Å². The number of thiazole rings is 1. The second kappa shape index (κ2) is 7.39. The average molecular weight is 408 g/mol. The van der Waals surface area contributed by atoms with Crippen LogP contribution < -0.4 is 0 Å². The third-order valence-electron chi connectivity index (χ3n) is 4.52. The van der Waals surface area contributed by atoms with Gasteiger partial charge in [-0.15, -0.1) is 11.3 Å². The van der Waals surface area contributed by atoms with Crippen molar-refractivity contribution in [1.82, 2.24) is 15.0 Å². The Morgan fingerprint density at radius 3 is 2.69 bits per heavy atom. The maximum atomic E-state index is 12.3. The molecule has 3 heterocycles. The topological polar surface area (TPSA) is 59.2 Å². The average Bonchev–Trinajstić information content (AvgIpc) is 3.36. The van der Waals surface area contributed by atoms with E-state index in [4.69, 9.17) is 32.7 Å². The number of rotatable bonds is 3. The number of carbonyl (C=O) groups excluding carboxylic acids is 1. The van der Waals surface area contributed by atoms with Gasteiger partial charge in [-0.2, -0.15) is 0 Å². The van der Waals surface area contributed by atoms with Crippen LogP contribution in [0.25, 0.3) is 11.3 Å². The first-order valence-electron chi connectivity index (χ1n) is 8.22. The van der Waals surface area contributed by atoms with Crippen LogP contribution in [-0.4, -0.2) is 34.0 Å². The molecule has 1 fully saturated rings. The van der Waals surface area contributed by atoms with Crippen LogP contribution in [0.5, 0.6) is 0 Å². The van der Waals surface area contributed by atoms with Crippen molar-refractivity contribution in [3.63, 3.8) is 0 Å². The lowest BCUT2D eigenvalue weighted by Crippen LogP contribution is -2.37. The van der Waals surface area contributed by atoms with Gasteiger partial charge in [-0.25, -0.2) is 4.98 Å². The molecule has 1 aliphatic heterocycles. The fourth-order valence-electron chi connectivity index (χ4n) is 3.07. The van der Waals surface area contributed by atoms with Crippen LogP contribution in [0.3, 0.4) is 0 Å². The first kappa shape index (κ1) is 17.5. The first-order chi connectivity index (χ1) is 12.6. The number of carbonyl (C=O) groups is 1. The van der Waals surface area contributed by atoms with E-state index in [0.29, 0.717) is 34.8 Å². The van der Waals surface area contributed by atoms with Gasteiger partial charge >= 0.3 is 0 Å². The molecule has 2 aromatic heterocycles. The number of hydrogen-bond acceptors (Lipinski definition) is 5. The van der Waals surface area contributed by atoms with Gasteiger partial charge < -0.3 is 9.42 Å². The Kier molecular flexibility index (Phi) is 4.98. The zero-order valence-corrected chi connectivity index (χ0v) is 16.0. The summed E-state index contributed by atoms with van der Waals surface area (Å²) in [7, 11) is 0. The van der Waals surface area contributed by atoms with E-state index in [1.165, 1.54) is 6.20 Å². The Hall–Kier alpha value is -1.89. The van der Waals surface area contributed by atoms with E-state index in [2.05, 4.69) is 5.16 Å². The summed E-state index contributed by atoms with van der Waals surface area (Å²) >= 11 is 13.7. The van der Waals surface area contributed by atoms with E-state index in [-0.39, 0.29) is 5.91 Å². The molecule has 8 heteroatoms. The minimum atomic E-state index is -0.100. The van der Waals surface area contributed by atoms with Crippen molar-refractivity contribution in [2.45, 2.75) is 18.8 Å². The fourth-order valence-corrected chi connectivity index (χ4v) is 4.37. The highest BCUT2D eigenvalue weighted by atomic mass is 35.5. The molecule has 4 rings (SSSR count). The zero-order valence-electron chi connectivity index (χ0n) is 13.7. The summed E-state index contributed by atoms with van der Waals surface area (Å²) < 4.78 is 4.96. The number of likely N-dealkylation sites (tertiary alicyclic amines) is 1. The lowest BCUT2D eigenvalue weighted by atomic mass is 9.97. The molecule has 0 spiro atoms. The molecule has 26 heavy (non-hydrogen) atoms. The van der Waals surface area contributed by atoms with Gasteiger partial charge in [0.25, 0.3) is 5.91 Å². The number of benzene rings is 1. The van der Waals surface area contributed by atoms with E-state index >= 15 is 0 Å². The van der Waals surface area contributed by atoms with E-state index in [9.17, 15) is 4.79 Å². The van der Waals surface area contributed by atoms with E-state index in [1.54, 1.807) is 23.5 Å². The number of aromatic nitrogens is 2. The maximum Gasteiger partial charge on any atom is 0.292 e. The van der Waals surface area contributed by atoms with Crippen LogP contribution in [-0.2, 0) is 0 Å². The summed E-state index contributed by atoms with van der Waals surface area (Å²) in [5, 5.41) is 7.80. The normalized spacial score (nSPS) is 15.4. The number of halogens is 2. The molecule has 1 saturated heterocycles. The maximum absolute atomic E-state index is 12.3. The van der Waals surface area contributed by atoms with Crippen LogP contribution in [0.15, 0.2) is 40.4 Å². The Balaban J connectivity index is 1.43. The molecular weight excluding hydrogens is 393 g/mol. The summed E-state index contributed by atoms with van der Waals surface area (Å²) in [5.41, 5.74) is 1.86. The monoisotopic (exact) mass is 407 g/mol. The van der Waals surface area contributed by atoms with Crippen LogP contribution in [0.2, 0.25) is 10.0 Å². The molecule has 5 nitrogen and oxygen atoms in total. The lowest BCUT2D eigenvalue weighted by Gasteiger charge is -2.30. The SMILES string of the molecule is O=C(c1ccno1)N1CCC(c2nc(-c3ccc(Cl)c(Cl)c3)cs2)CC1. The number of hydrogen-bond donors (Lipinski definition) is 0. The van der Waals surface area contributed by atoms with Gasteiger partial charge in [-0.1, -0.05) is 34.4 Å². The van der Waals surface area contributed by atoms with Gasteiger partial charge in [0.1, 0.15) is 0 Å². The Labute approximate surface area is 164 Å². The summed E-state index contributed by atoms with van der Waals surface area (Å²) in [6.45, 7) is 1.37.